The fraction of sp³-hybridized carbons (Fsp3) is 0.0909. The number of hydrogen-bond acceptors (Lipinski definition) is 2. The third kappa shape index (κ3) is 4.23. The van der Waals surface area contributed by atoms with Gasteiger partial charge in [-0.3, -0.25) is 4.79 Å². The fourth-order valence-electron chi connectivity index (χ4n) is 3.05. The van der Waals surface area contributed by atoms with Gasteiger partial charge in [-0.15, -0.1) is 0 Å². The molecule has 4 nitrogen and oxygen atoms in total. The number of aliphatic carboxylic acids is 1. The molecule has 0 bridgehead atoms. The number of amides is 1. The maximum Gasteiger partial charge on any atom is 0.327 e. The summed E-state index contributed by atoms with van der Waals surface area (Å²) in [5.74, 6) is -4.98. The predicted octanol–water partition coefficient (Wildman–Crippen LogP) is 3.98. The standard InChI is InChI=1S/C22H17F2NO3/c23-17-12-11-16(13-18(17)24)21(26)25-20(22(27)28)19(14-7-3-1-4-8-14)15-9-5-2-6-10-15/h1-13,19-20H,(H,25,26)(H,27,28)/t20-/m1/s1. The molecule has 28 heavy (non-hydrogen) atoms. The summed E-state index contributed by atoms with van der Waals surface area (Å²) in [7, 11) is 0. The van der Waals surface area contributed by atoms with Gasteiger partial charge >= 0.3 is 5.97 Å². The summed E-state index contributed by atoms with van der Waals surface area (Å²) in [6.07, 6.45) is 0. The number of hydrogen-bond donors (Lipinski definition) is 2. The number of halogens is 2. The van der Waals surface area contributed by atoms with Gasteiger partial charge < -0.3 is 10.4 Å². The van der Waals surface area contributed by atoms with Crippen LogP contribution in [-0.2, 0) is 4.79 Å². The van der Waals surface area contributed by atoms with Gasteiger partial charge in [0, 0.05) is 11.5 Å². The van der Waals surface area contributed by atoms with E-state index in [1.165, 1.54) is 0 Å². The van der Waals surface area contributed by atoms with Crippen molar-refractivity contribution in [2.24, 2.45) is 0 Å². The predicted molar refractivity (Wildman–Crippen MR) is 100.0 cm³/mol. The first kappa shape index (κ1) is 19.2. The van der Waals surface area contributed by atoms with E-state index in [9.17, 15) is 23.5 Å². The van der Waals surface area contributed by atoms with Crippen LogP contribution in [0.15, 0.2) is 78.9 Å². The first-order valence-electron chi connectivity index (χ1n) is 8.56. The second kappa shape index (κ2) is 8.43. The second-order valence-electron chi connectivity index (χ2n) is 6.22. The molecule has 3 rings (SSSR count). The Morgan fingerprint density at radius 2 is 1.32 bits per heavy atom. The molecule has 0 fully saturated rings. The Balaban J connectivity index is 1.98. The van der Waals surface area contributed by atoms with Crippen molar-refractivity contribution in [1.29, 1.82) is 0 Å². The Labute approximate surface area is 160 Å². The smallest absolute Gasteiger partial charge is 0.327 e. The van der Waals surface area contributed by atoms with Crippen LogP contribution in [0.4, 0.5) is 8.78 Å². The third-order valence-corrected chi connectivity index (χ3v) is 4.39. The fourth-order valence-corrected chi connectivity index (χ4v) is 3.05. The van der Waals surface area contributed by atoms with Gasteiger partial charge in [0.2, 0.25) is 0 Å². The van der Waals surface area contributed by atoms with Crippen LogP contribution in [-0.4, -0.2) is 23.0 Å². The van der Waals surface area contributed by atoms with Crippen molar-refractivity contribution in [3.05, 3.63) is 107 Å². The summed E-state index contributed by atoms with van der Waals surface area (Å²) in [5, 5.41) is 12.3. The highest BCUT2D eigenvalue weighted by Crippen LogP contribution is 2.28. The van der Waals surface area contributed by atoms with Gasteiger partial charge in [-0.2, -0.15) is 0 Å². The molecule has 0 spiro atoms. The summed E-state index contributed by atoms with van der Waals surface area (Å²) in [4.78, 5) is 24.6. The first-order valence-corrected chi connectivity index (χ1v) is 8.56. The van der Waals surface area contributed by atoms with E-state index in [-0.39, 0.29) is 5.56 Å². The molecule has 0 heterocycles. The topological polar surface area (TPSA) is 66.4 Å². The highest BCUT2D eigenvalue weighted by atomic mass is 19.2. The number of benzene rings is 3. The van der Waals surface area contributed by atoms with Crippen LogP contribution in [0.3, 0.4) is 0 Å². The molecule has 0 saturated heterocycles. The molecule has 0 saturated carbocycles. The Morgan fingerprint density at radius 1 is 0.786 bits per heavy atom. The molecule has 142 valence electrons. The average molecular weight is 381 g/mol. The van der Waals surface area contributed by atoms with Gasteiger partial charge in [-0.05, 0) is 29.3 Å². The molecule has 0 aliphatic carbocycles. The van der Waals surface area contributed by atoms with E-state index in [4.69, 9.17) is 0 Å². The Bertz CT molecular complexity index is 938. The van der Waals surface area contributed by atoms with Crippen LogP contribution >= 0.6 is 0 Å². The maximum absolute atomic E-state index is 13.5. The lowest BCUT2D eigenvalue weighted by Crippen LogP contribution is -2.45. The van der Waals surface area contributed by atoms with Crippen molar-refractivity contribution >= 4 is 11.9 Å². The zero-order chi connectivity index (χ0) is 20.1. The van der Waals surface area contributed by atoms with Crippen LogP contribution in [0, 0.1) is 11.6 Å². The molecule has 1 amide bonds. The van der Waals surface area contributed by atoms with E-state index in [1.54, 1.807) is 60.7 Å². The lowest BCUT2D eigenvalue weighted by Gasteiger charge is -2.26. The highest BCUT2D eigenvalue weighted by Gasteiger charge is 2.32. The molecule has 2 N–H and O–H groups in total. The van der Waals surface area contributed by atoms with Crippen molar-refractivity contribution in [2.75, 3.05) is 0 Å². The zero-order valence-corrected chi connectivity index (χ0v) is 14.7. The quantitative estimate of drug-likeness (QED) is 0.679. The summed E-state index contributed by atoms with van der Waals surface area (Å²) in [5.41, 5.74) is 1.24. The van der Waals surface area contributed by atoms with Gasteiger partial charge in [0.05, 0.1) is 0 Å². The van der Waals surface area contributed by atoms with Crippen LogP contribution < -0.4 is 5.32 Å². The second-order valence-corrected chi connectivity index (χ2v) is 6.22. The van der Waals surface area contributed by atoms with Crippen LogP contribution in [0.2, 0.25) is 0 Å². The van der Waals surface area contributed by atoms with Crippen molar-refractivity contribution in [3.8, 4) is 0 Å². The molecule has 6 heteroatoms. The Kier molecular flexibility index (Phi) is 5.79. The molecule has 0 unspecified atom stereocenters. The molecule has 3 aromatic carbocycles. The van der Waals surface area contributed by atoms with E-state index < -0.39 is 35.5 Å². The van der Waals surface area contributed by atoms with Crippen LogP contribution in [0.25, 0.3) is 0 Å². The lowest BCUT2D eigenvalue weighted by atomic mass is 9.85. The SMILES string of the molecule is O=C(N[C@@H](C(=O)O)C(c1ccccc1)c1ccccc1)c1ccc(F)c(F)c1. The minimum atomic E-state index is -1.31. The number of nitrogens with one attached hydrogen (secondary N) is 1. The monoisotopic (exact) mass is 381 g/mol. The molecule has 0 aromatic heterocycles. The first-order chi connectivity index (χ1) is 13.5. The van der Waals surface area contributed by atoms with Crippen LogP contribution in [0.5, 0.6) is 0 Å². The number of carboxylic acid groups (broad SMARTS) is 1. The molecule has 3 aromatic rings. The van der Waals surface area contributed by atoms with Crippen molar-refractivity contribution in [2.45, 2.75) is 12.0 Å². The van der Waals surface area contributed by atoms with Gasteiger partial charge in [0.25, 0.3) is 5.91 Å². The Morgan fingerprint density at radius 3 is 1.79 bits per heavy atom. The average Bonchev–Trinajstić information content (AvgIpc) is 2.71. The van der Waals surface area contributed by atoms with Crippen LogP contribution in [0.1, 0.15) is 27.4 Å². The number of carbonyl (C=O) groups is 2. The van der Waals surface area contributed by atoms with Crippen molar-refractivity contribution in [1.82, 2.24) is 5.32 Å². The number of carboxylic acids is 1. The molecular formula is C22H17F2NO3. The zero-order valence-electron chi connectivity index (χ0n) is 14.7. The van der Waals surface area contributed by atoms with E-state index >= 15 is 0 Å². The number of carbonyl (C=O) groups excluding carboxylic acids is 1. The van der Waals surface area contributed by atoms with E-state index in [1.807, 2.05) is 0 Å². The largest absolute Gasteiger partial charge is 0.480 e. The normalized spacial score (nSPS) is 11.8. The number of rotatable bonds is 6. The molecule has 0 aliphatic rings. The summed E-state index contributed by atoms with van der Waals surface area (Å²) < 4.78 is 26.6. The van der Waals surface area contributed by atoms with E-state index in [0.717, 1.165) is 18.2 Å². The van der Waals surface area contributed by atoms with Crippen molar-refractivity contribution < 1.29 is 23.5 Å². The van der Waals surface area contributed by atoms with E-state index in [0.29, 0.717) is 11.1 Å². The van der Waals surface area contributed by atoms with Gasteiger partial charge in [0.1, 0.15) is 6.04 Å². The summed E-state index contributed by atoms with van der Waals surface area (Å²) in [6.45, 7) is 0. The summed E-state index contributed by atoms with van der Waals surface area (Å²) in [6, 6.07) is 19.2. The van der Waals surface area contributed by atoms with E-state index in [2.05, 4.69) is 5.32 Å². The minimum Gasteiger partial charge on any atom is -0.480 e. The maximum atomic E-state index is 13.5. The summed E-state index contributed by atoms with van der Waals surface area (Å²) >= 11 is 0. The molecule has 0 radical (unpaired) electrons. The molecule has 1 atom stereocenters. The van der Waals surface area contributed by atoms with Gasteiger partial charge in [0.15, 0.2) is 11.6 Å². The third-order valence-electron chi connectivity index (χ3n) is 4.39. The Hall–Kier alpha value is -3.54. The lowest BCUT2D eigenvalue weighted by molar-refractivity contribution is -0.139. The minimum absolute atomic E-state index is 0.162. The van der Waals surface area contributed by atoms with Gasteiger partial charge in [-0.25, -0.2) is 13.6 Å². The molecular weight excluding hydrogens is 364 g/mol. The van der Waals surface area contributed by atoms with Crippen molar-refractivity contribution in [3.63, 3.8) is 0 Å². The van der Waals surface area contributed by atoms with Gasteiger partial charge in [-0.1, -0.05) is 60.7 Å². The molecule has 0 aliphatic heterocycles. The highest BCUT2D eigenvalue weighted by molar-refractivity contribution is 5.97.